The predicted octanol–water partition coefficient (Wildman–Crippen LogP) is 3.09. The molecule has 0 spiro atoms. The van der Waals surface area contributed by atoms with Gasteiger partial charge in [0, 0.05) is 10.5 Å². The highest BCUT2D eigenvalue weighted by molar-refractivity contribution is 9.10. The lowest BCUT2D eigenvalue weighted by molar-refractivity contribution is 0.554. The molecule has 0 amide bonds. The SMILES string of the molecule is CC(C)CS(=O)(=O)NC(C)c1ccc(Br)cc1. The molecule has 0 heterocycles. The zero-order valence-corrected chi connectivity index (χ0v) is 12.7. The molecule has 1 rings (SSSR count). The molecule has 0 aliphatic carbocycles. The van der Waals surface area contributed by atoms with E-state index in [1.807, 2.05) is 45.0 Å². The van der Waals surface area contributed by atoms with Gasteiger partial charge in [-0.15, -0.1) is 0 Å². The smallest absolute Gasteiger partial charge is 0.212 e. The summed E-state index contributed by atoms with van der Waals surface area (Å²) in [6.45, 7) is 5.63. The number of hydrogen-bond acceptors (Lipinski definition) is 2. The highest BCUT2D eigenvalue weighted by Crippen LogP contribution is 2.17. The van der Waals surface area contributed by atoms with Crippen LogP contribution in [0, 0.1) is 5.92 Å². The van der Waals surface area contributed by atoms with Crippen LogP contribution in [0.15, 0.2) is 28.7 Å². The van der Waals surface area contributed by atoms with Gasteiger partial charge in [0.2, 0.25) is 10.0 Å². The summed E-state index contributed by atoms with van der Waals surface area (Å²) < 4.78 is 27.2. The molecule has 1 N–H and O–H groups in total. The third-order valence-electron chi connectivity index (χ3n) is 2.28. The van der Waals surface area contributed by atoms with Crippen molar-refractivity contribution in [3.8, 4) is 0 Å². The van der Waals surface area contributed by atoms with Crippen LogP contribution in [0.2, 0.25) is 0 Å². The Morgan fingerprint density at radius 2 is 1.71 bits per heavy atom. The van der Waals surface area contributed by atoms with E-state index in [-0.39, 0.29) is 17.7 Å². The standard InChI is InChI=1S/C12H18BrNO2S/c1-9(2)8-17(15,16)14-10(3)11-4-6-12(13)7-5-11/h4-7,9-10,14H,8H2,1-3H3. The van der Waals surface area contributed by atoms with Crippen LogP contribution in [0.3, 0.4) is 0 Å². The first kappa shape index (κ1) is 14.7. The Bertz CT molecular complexity index is 454. The lowest BCUT2D eigenvalue weighted by atomic mass is 10.1. The van der Waals surface area contributed by atoms with Crippen molar-refractivity contribution in [3.05, 3.63) is 34.3 Å². The summed E-state index contributed by atoms with van der Waals surface area (Å²) in [6, 6.07) is 7.43. The minimum atomic E-state index is -3.20. The third kappa shape index (κ3) is 5.19. The van der Waals surface area contributed by atoms with E-state index in [1.54, 1.807) is 0 Å². The van der Waals surface area contributed by atoms with Crippen LogP contribution in [0.1, 0.15) is 32.4 Å². The molecule has 0 aliphatic heterocycles. The highest BCUT2D eigenvalue weighted by Gasteiger charge is 2.16. The fourth-order valence-electron chi connectivity index (χ4n) is 1.58. The Kier molecular flexibility index (Phi) is 5.16. The monoisotopic (exact) mass is 319 g/mol. The van der Waals surface area contributed by atoms with Gasteiger partial charge in [-0.25, -0.2) is 13.1 Å². The number of benzene rings is 1. The molecule has 1 atom stereocenters. The fraction of sp³-hybridized carbons (Fsp3) is 0.500. The van der Waals surface area contributed by atoms with Gasteiger partial charge in [0.15, 0.2) is 0 Å². The maximum atomic E-state index is 11.8. The van der Waals surface area contributed by atoms with Crippen LogP contribution < -0.4 is 4.72 Å². The van der Waals surface area contributed by atoms with Crippen LogP contribution in [0.4, 0.5) is 0 Å². The Balaban J connectivity index is 2.72. The molecule has 0 saturated heterocycles. The highest BCUT2D eigenvalue weighted by atomic mass is 79.9. The Labute approximate surface area is 112 Å². The van der Waals surface area contributed by atoms with Crippen LogP contribution in [-0.4, -0.2) is 14.2 Å². The Morgan fingerprint density at radius 1 is 1.18 bits per heavy atom. The van der Waals surface area contributed by atoms with Gasteiger partial charge in [-0.1, -0.05) is 41.9 Å². The minimum absolute atomic E-state index is 0.129. The fourth-order valence-corrected chi connectivity index (χ4v) is 3.49. The quantitative estimate of drug-likeness (QED) is 0.906. The summed E-state index contributed by atoms with van der Waals surface area (Å²) >= 11 is 3.35. The molecule has 1 aromatic carbocycles. The van der Waals surface area contributed by atoms with Gasteiger partial charge in [0.25, 0.3) is 0 Å². The lowest BCUT2D eigenvalue weighted by Crippen LogP contribution is -2.30. The van der Waals surface area contributed by atoms with Crippen molar-refractivity contribution in [2.75, 3.05) is 5.75 Å². The zero-order valence-electron chi connectivity index (χ0n) is 10.3. The largest absolute Gasteiger partial charge is 0.212 e. The summed E-state index contributed by atoms with van der Waals surface area (Å²) in [5, 5.41) is 0. The van der Waals surface area contributed by atoms with Gasteiger partial charge in [0.05, 0.1) is 5.75 Å². The van der Waals surface area contributed by atoms with Gasteiger partial charge in [-0.2, -0.15) is 0 Å². The number of hydrogen-bond donors (Lipinski definition) is 1. The summed E-state index contributed by atoms with van der Waals surface area (Å²) in [4.78, 5) is 0. The van der Waals surface area contributed by atoms with E-state index >= 15 is 0 Å². The molecular formula is C12H18BrNO2S. The van der Waals surface area contributed by atoms with E-state index in [2.05, 4.69) is 20.7 Å². The van der Waals surface area contributed by atoms with Crippen LogP contribution >= 0.6 is 15.9 Å². The summed E-state index contributed by atoms with van der Waals surface area (Å²) in [5.74, 6) is 0.290. The second-order valence-corrected chi connectivity index (χ2v) is 7.28. The lowest BCUT2D eigenvalue weighted by Gasteiger charge is -2.15. The topological polar surface area (TPSA) is 46.2 Å². The van der Waals surface area contributed by atoms with Crippen molar-refractivity contribution >= 4 is 26.0 Å². The number of rotatable bonds is 5. The summed E-state index contributed by atoms with van der Waals surface area (Å²) in [7, 11) is -3.20. The molecule has 5 heteroatoms. The molecule has 1 unspecified atom stereocenters. The van der Waals surface area contributed by atoms with E-state index in [0.29, 0.717) is 0 Å². The summed E-state index contributed by atoms with van der Waals surface area (Å²) in [6.07, 6.45) is 0. The van der Waals surface area contributed by atoms with Gasteiger partial charge in [0.1, 0.15) is 0 Å². The van der Waals surface area contributed by atoms with Crippen molar-refractivity contribution in [1.82, 2.24) is 4.72 Å². The molecule has 17 heavy (non-hydrogen) atoms. The van der Waals surface area contributed by atoms with Gasteiger partial charge >= 0.3 is 0 Å². The van der Waals surface area contributed by atoms with Crippen LogP contribution in [0.25, 0.3) is 0 Å². The average Bonchev–Trinajstić information content (AvgIpc) is 2.15. The zero-order chi connectivity index (χ0) is 13.1. The van der Waals surface area contributed by atoms with Crippen molar-refractivity contribution in [3.63, 3.8) is 0 Å². The molecule has 1 aromatic rings. The molecule has 96 valence electrons. The van der Waals surface area contributed by atoms with Crippen molar-refractivity contribution in [2.45, 2.75) is 26.8 Å². The minimum Gasteiger partial charge on any atom is -0.212 e. The predicted molar refractivity (Wildman–Crippen MR) is 74.3 cm³/mol. The summed E-state index contributed by atoms with van der Waals surface area (Å²) in [5.41, 5.74) is 0.959. The molecule has 0 aliphatic rings. The van der Waals surface area contributed by atoms with E-state index in [4.69, 9.17) is 0 Å². The van der Waals surface area contributed by atoms with E-state index < -0.39 is 10.0 Å². The Hall–Kier alpha value is -0.390. The molecule has 0 fully saturated rings. The van der Waals surface area contributed by atoms with Crippen LogP contribution in [-0.2, 0) is 10.0 Å². The van der Waals surface area contributed by atoms with Crippen molar-refractivity contribution in [2.24, 2.45) is 5.92 Å². The first-order valence-corrected chi connectivity index (χ1v) is 8.00. The van der Waals surface area contributed by atoms with Crippen molar-refractivity contribution in [1.29, 1.82) is 0 Å². The van der Waals surface area contributed by atoms with Gasteiger partial charge in [-0.3, -0.25) is 0 Å². The molecule has 0 bridgehead atoms. The molecular weight excluding hydrogens is 302 g/mol. The van der Waals surface area contributed by atoms with Gasteiger partial charge in [-0.05, 0) is 30.5 Å². The number of nitrogens with one attached hydrogen (secondary N) is 1. The van der Waals surface area contributed by atoms with Crippen LogP contribution in [0.5, 0.6) is 0 Å². The number of halogens is 1. The molecule has 0 radical (unpaired) electrons. The average molecular weight is 320 g/mol. The maximum absolute atomic E-state index is 11.8. The molecule has 0 aromatic heterocycles. The Morgan fingerprint density at radius 3 is 2.18 bits per heavy atom. The van der Waals surface area contributed by atoms with E-state index in [9.17, 15) is 8.42 Å². The first-order valence-electron chi connectivity index (χ1n) is 5.55. The molecule has 0 saturated carbocycles. The maximum Gasteiger partial charge on any atom is 0.212 e. The van der Waals surface area contributed by atoms with E-state index in [1.165, 1.54) is 0 Å². The second kappa shape index (κ2) is 5.98. The van der Waals surface area contributed by atoms with Crippen molar-refractivity contribution < 1.29 is 8.42 Å². The molecule has 3 nitrogen and oxygen atoms in total. The van der Waals surface area contributed by atoms with E-state index in [0.717, 1.165) is 10.0 Å². The normalized spacial score (nSPS) is 13.9. The third-order valence-corrected chi connectivity index (χ3v) is 4.63. The van der Waals surface area contributed by atoms with Gasteiger partial charge < -0.3 is 0 Å². The second-order valence-electron chi connectivity index (χ2n) is 4.57. The number of sulfonamides is 1. The first-order chi connectivity index (χ1) is 7.80.